The number of esters is 1. The van der Waals surface area contributed by atoms with Gasteiger partial charge in [0.25, 0.3) is 5.56 Å². The maximum absolute atomic E-state index is 14.0. The number of halogens is 1. The zero-order chi connectivity index (χ0) is 21.3. The Kier molecular flexibility index (Phi) is 5.05. The zero-order valence-corrected chi connectivity index (χ0v) is 15.8. The second-order valence-corrected chi connectivity index (χ2v) is 6.95. The lowest BCUT2D eigenvalue weighted by molar-refractivity contribution is -0.149. The molecule has 0 amide bonds. The molecule has 0 saturated heterocycles. The number of nitrogens with one attached hydrogen (secondary N) is 3. The molecule has 3 N–H and O–H groups in total. The van der Waals surface area contributed by atoms with Crippen LogP contribution in [-0.4, -0.2) is 15.9 Å². The first kappa shape index (κ1) is 19.4. The number of fused-ring (bicyclic) bond motifs is 1. The Bertz CT molecular complexity index is 1230. The molecule has 2 heterocycles. The van der Waals surface area contributed by atoms with Crippen LogP contribution in [0.15, 0.2) is 76.5 Å². The van der Waals surface area contributed by atoms with Crippen LogP contribution >= 0.6 is 0 Å². The van der Waals surface area contributed by atoms with Crippen molar-refractivity contribution in [1.82, 2.24) is 9.97 Å². The van der Waals surface area contributed by atoms with Gasteiger partial charge in [0, 0.05) is 11.6 Å². The molecule has 30 heavy (non-hydrogen) atoms. The van der Waals surface area contributed by atoms with Crippen LogP contribution in [-0.2, 0) is 16.1 Å². The summed E-state index contributed by atoms with van der Waals surface area (Å²) < 4.78 is 19.4. The summed E-state index contributed by atoms with van der Waals surface area (Å²) in [6.45, 7) is 3.92. The standard InChI is InChI=1S/C22H18FN3O4/c1-12-16(21(28)30-11-13-6-3-2-4-7-13)17(14-8-5-9-15(23)10-14)18-19(24-12)25-22(29)26-20(18)27/h2-10,16-17H,1,11H2,(H3,24,25,26,27,29)/t16-,17+/m0/s1. The van der Waals surface area contributed by atoms with E-state index in [0.717, 1.165) is 5.56 Å². The van der Waals surface area contributed by atoms with E-state index in [-0.39, 0.29) is 23.7 Å². The molecule has 0 radical (unpaired) electrons. The molecule has 1 aromatic heterocycles. The van der Waals surface area contributed by atoms with E-state index in [1.165, 1.54) is 18.2 Å². The molecule has 0 bridgehead atoms. The van der Waals surface area contributed by atoms with Gasteiger partial charge in [-0.15, -0.1) is 0 Å². The largest absolute Gasteiger partial charge is 0.460 e. The van der Waals surface area contributed by atoms with Crippen LogP contribution in [0, 0.1) is 11.7 Å². The lowest BCUT2D eigenvalue weighted by atomic mass is 9.77. The molecule has 0 saturated carbocycles. The lowest BCUT2D eigenvalue weighted by Crippen LogP contribution is -2.40. The van der Waals surface area contributed by atoms with Gasteiger partial charge in [-0.2, -0.15) is 0 Å². The maximum atomic E-state index is 14.0. The van der Waals surface area contributed by atoms with Crippen molar-refractivity contribution in [3.05, 3.63) is 110 Å². The van der Waals surface area contributed by atoms with Gasteiger partial charge in [0.05, 0.1) is 5.56 Å². The van der Waals surface area contributed by atoms with Gasteiger partial charge in [-0.25, -0.2) is 9.18 Å². The third-order valence-corrected chi connectivity index (χ3v) is 4.97. The molecule has 1 aliphatic heterocycles. The SMILES string of the molecule is C=C1Nc2[nH]c(=O)[nH]c(=O)c2[C@H](c2cccc(F)c2)[C@H]1C(=O)OCc1ccccc1. The number of rotatable bonds is 4. The summed E-state index contributed by atoms with van der Waals surface area (Å²) in [4.78, 5) is 42.0. The molecular formula is C22H18FN3O4. The number of hydrogen-bond acceptors (Lipinski definition) is 5. The number of H-pyrrole nitrogens is 2. The van der Waals surface area contributed by atoms with Crippen LogP contribution in [0.2, 0.25) is 0 Å². The van der Waals surface area contributed by atoms with Crippen LogP contribution in [0.3, 0.4) is 0 Å². The topological polar surface area (TPSA) is 104 Å². The summed E-state index contributed by atoms with van der Waals surface area (Å²) in [5.74, 6) is -2.92. The summed E-state index contributed by atoms with van der Waals surface area (Å²) >= 11 is 0. The molecule has 1 aliphatic rings. The van der Waals surface area contributed by atoms with Crippen molar-refractivity contribution in [2.75, 3.05) is 5.32 Å². The van der Waals surface area contributed by atoms with Gasteiger partial charge in [0.1, 0.15) is 24.2 Å². The average Bonchev–Trinajstić information content (AvgIpc) is 2.71. The van der Waals surface area contributed by atoms with Crippen molar-refractivity contribution < 1.29 is 13.9 Å². The fourth-order valence-corrected chi connectivity index (χ4v) is 3.65. The Balaban J connectivity index is 1.77. The Morgan fingerprint density at radius 1 is 1.07 bits per heavy atom. The first-order valence-electron chi connectivity index (χ1n) is 9.22. The van der Waals surface area contributed by atoms with Gasteiger partial charge in [0.2, 0.25) is 0 Å². The minimum atomic E-state index is -1.00. The number of aromatic amines is 2. The lowest BCUT2D eigenvalue weighted by Gasteiger charge is -2.33. The van der Waals surface area contributed by atoms with E-state index in [9.17, 15) is 18.8 Å². The highest BCUT2D eigenvalue weighted by Gasteiger charge is 2.41. The summed E-state index contributed by atoms with van der Waals surface area (Å²) in [6.07, 6.45) is 0. The Morgan fingerprint density at radius 3 is 2.57 bits per heavy atom. The van der Waals surface area contributed by atoms with Crippen molar-refractivity contribution in [1.29, 1.82) is 0 Å². The molecule has 0 unspecified atom stereocenters. The highest BCUT2D eigenvalue weighted by Crippen LogP contribution is 2.41. The normalized spacial score (nSPS) is 17.7. The fourth-order valence-electron chi connectivity index (χ4n) is 3.65. The number of benzene rings is 2. The molecule has 4 rings (SSSR count). The Hall–Kier alpha value is -3.94. The molecule has 0 spiro atoms. The van der Waals surface area contributed by atoms with Gasteiger partial charge in [0.15, 0.2) is 0 Å². The monoisotopic (exact) mass is 407 g/mol. The molecular weight excluding hydrogens is 389 g/mol. The number of ether oxygens (including phenoxy) is 1. The van der Waals surface area contributed by atoms with Crippen LogP contribution in [0.4, 0.5) is 10.2 Å². The maximum Gasteiger partial charge on any atom is 0.327 e. The third kappa shape index (κ3) is 3.67. The number of carbonyl (C=O) groups excluding carboxylic acids is 1. The second-order valence-electron chi connectivity index (χ2n) is 6.95. The third-order valence-electron chi connectivity index (χ3n) is 4.97. The van der Waals surface area contributed by atoms with Gasteiger partial charge in [-0.3, -0.25) is 19.6 Å². The molecule has 0 fully saturated rings. The minimum absolute atomic E-state index is 0.0359. The van der Waals surface area contributed by atoms with Crippen molar-refractivity contribution in [2.45, 2.75) is 12.5 Å². The first-order valence-corrected chi connectivity index (χ1v) is 9.22. The predicted molar refractivity (Wildman–Crippen MR) is 108 cm³/mol. The molecule has 152 valence electrons. The first-order chi connectivity index (χ1) is 14.4. The molecule has 0 aliphatic carbocycles. The molecule has 8 heteroatoms. The molecule has 7 nitrogen and oxygen atoms in total. The van der Waals surface area contributed by atoms with Crippen LogP contribution in [0.5, 0.6) is 0 Å². The Labute approximate surface area is 170 Å². The molecule has 3 aromatic rings. The van der Waals surface area contributed by atoms with Crippen LogP contribution in [0.1, 0.15) is 22.6 Å². The highest BCUT2D eigenvalue weighted by molar-refractivity contribution is 5.81. The van der Waals surface area contributed by atoms with Crippen molar-refractivity contribution in [3.63, 3.8) is 0 Å². The quantitative estimate of drug-likeness (QED) is 0.577. The van der Waals surface area contributed by atoms with Crippen molar-refractivity contribution in [3.8, 4) is 0 Å². The van der Waals surface area contributed by atoms with E-state index in [1.807, 2.05) is 30.3 Å². The Morgan fingerprint density at radius 2 is 1.83 bits per heavy atom. The summed E-state index contributed by atoms with van der Waals surface area (Å²) in [5.41, 5.74) is 0.138. The second kappa shape index (κ2) is 7.82. The summed E-state index contributed by atoms with van der Waals surface area (Å²) in [7, 11) is 0. The number of hydrogen-bond donors (Lipinski definition) is 3. The van der Waals surface area contributed by atoms with Crippen LogP contribution < -0.4 is 16.6 Å². The van der Waals surface area contributed by atoms with Crippen LogP contribution in [0.25, 0.3) is 0 Å². The van der Waals surface area contributed by atoms with Crippen molar-refractivity contribution >= 4 is 11.8 Å². The van der Waals surface area contributed by atoms with Gasteiger partial charge in [-0.1, -0.05) is 49.0 Å². The van der Waals surface area contributed by atoms with E-state index < -0.39 is 34.9 Å². The number of carbonyl (C=O) groups is 1. The predicted octanol–water partition coefficient (Wildman–Crippen LogP) is 2.63. The minimum Gasteiger partial charge on any atom is -0.460 e. The number of anilines is 1. The molecule has 2 atom stereocenters. The van der Waals surface area contributed by atoms with Crippen molar-refractivity contribution in [2.24, 2.45) is 5.92 Å². The van der Waals surface area contributed by atoms with E-state index in [0.29, 0.717) is 5.56 Å². The van der Waals surface area contributed by atoms with Gasteiger partial charge in [-0.05, 0) is 23.3 Å². The zero-order valence-electron chi connectivity index (χ0n) is 15.8. The summed E-state index contributed by atoms with van der Waals surface area (Å²) in [6, 6.07) is 14.7. The smallest absolute Gasteiger partial charge is 0.327 e. The van der Waals surface area contributed by atoms with E-state index in [1.54, 1.807) is 6.07 Å². The van der Waals surface area contributed by atoms with Gasteiger partial charge < -0.3 is 10.1 Å². The van der Waals surface area contributed by atoms with E-state index >= 15 is 0 Å². The number of aromatic nitrogens is 2. The average molecular weight is 407 g/mol. The van der Waals surface area contributed by atoms with Gasteiger partial charge >= 0.3 is 11.7 Å². The van der Waals surface area contributed by atoms with E-state index in [4.69, 9.17) is 4.74 Å². The fraction of sp³-hybridized carbons (Fsp3) is 0.136. The van der Waals surface area contributed by atoms with E-state index in [2.05, 4.69) is 21.9 Å². The summed E-state index contributed by atoms with van der Waals surface area (Å²) in [5, 5.41) is 2.82. The molecule has 2 aromatic carbocycles. The highest BCUT2D eigenvalue weighted by atomic mass is 19.1.